The number of nitrogens with zero attached hydrogens (tertiary/aromatic N) is 4. The summed E-state index contributed by atoms with van der Waals surface area (Å²) in [5.74, 6) is 0.664. The van der Waals surface area contributed by atoms with Crippen LogP contribution in [0.25, 0.3) is 5.95 Å². The zero-order chi connectivity index (χ0) is 13.9. The lowest BCUT2D eigenvalue weighted by atomic mass is 10.3. The standard InChI is InChI=1S/C15H21N5/c1-3-12-7-14(4-2)20(19-12)15-17-9-11(10-18-15)8-16-13-5-6-13/h7,9-10,13,16H,3-6,8H2,1-2H3. The molecular formula is C15H21N5. The second kappa shape index (κ2) is 5.71. The van der Waals surface area contributed by atoms with Crippen molar-refractivity contribution in [2.24, 2.45) is 0 Å². The topological polar surface area (TPSA) is 55.6 Å². The van der Waals surface area contributed by atoms with Gasteiger partial charge in [-0.2, -0.15) is 5.10 Å². The smallest absolute Gasteiger partial charge is 0.250 e. The van der Waals surface area contributed by atoms with E-state index in [0.29, 0.717) is 12.0 Å². The van der Waals surface area contributed by atoms with Gasteiger partial charge < -0.3 is 5.32 Å². The summed E-state index contributed by atoms with van der Waals surface area (Å²) in [7, 11) is 0. The first-order valence-electron chi connectivity index (χ1n) is 7.42. The Morgan fingerprint density at radius 3 is 2.55 bits per heavy atom. The Labute approximate surface area is 119 Å². The summed E-state index contributed by atoms with van der Waals surface area (Å²) < 4.78 is 1.86. The van der Waals surface area contributed by atoms with E-state index >= 15 is 0 Å². The van der Waals surface area contributed by atoms with Gasteiger partial charge in [0.25, 0.3) is 5.95 Å². The summed E-state index contributed by atoms with van der Waals surface area (Å²) in [5, 5.41) is 8.03. The van der Waals surface area contributed by atoms with E-state index in [9.17, 15) is 0 Å². The van der Waals surface area contributed by atoms with E-state index in [1.165, 1.54) is 12.8 Å². The van der Waals surface area contributed by atoms with Crippen LogP contribution in [0.15, 0.2) is 18.5 Å². The quantitative estimate of drug-likeness (QED) is 0.873. The molecule has 0 bridgehead atoms. The predicted octanol–water partition coefficient (Wildman–Crippen LogP) is 2.04. The van der Waals surface area contributed by atoms with Crippen LogP contribution in [0.4, 0.5) is 0 Å². The Bertz CT molecular complexity index is 568. The highest BCUT2D eigenvalue weighted by Crippen LogP contribution is 2.19. The molecule has 0 radical (unpaired) electrons. The molecule has 5 nitrogen and oxygen atoms in total. The third-order valence-electron chi connectivity index (χ3n) is 3.61. The average molecular weight is 271 g/mol. The van der Waals surface area contributed by atoms with Gasteiger partial charge in [0.05, 0.1) is 5.69 Å². The summed E-state index contributed by atoms with van der Waals surface area (Å²) >= 11 is 0. The molecule has 2 aromatic heterocycles. The molecule has 0 amide bonds. The zero-order valence-electron chi connectivity index (χ0n) is 12.1. The van der Waals surface area contributed by atoms with Crippen molar-refractivity contribution in [1.82, 2.24) is 25.1 Å². The molecule has 106 valence electrons. The van der Waals surface area contributed by atoms with E-state index in [2.05, 4.69) is 40.3 Å². The number of hydrogen-bond acceptors (Lipinski definition) is 4. The van der Waals surface area contributed by atoms with Crippen LogP contribution in [-0.4, -0.2) is 25.8 Å². The molecule has 2 aromatic rings. The minimum Gasteiger partial charge on any atom is -0.310 e. The molecule has 1 saturated carbocycles. The summed E-state index contributed by atoms with van der Waals surface area (Å²) in [6.07, 6.45) is 8.25. The van der Waals surface area contributed by atoms with Crippen molar-refractivity contribution in [3.8, 4) is 5.95 Å². The zero-order valence-corrected chi connectivity index (χ0v) is 12.1. The lowest BCUT2D eigenvalue weighted by Crippen LogP contribution is -2.16. The lowest BCUT2D eigenvalue weighted by Gasteiger charge is -2.05. The molecule has 3 rings (SSSR count). The van der Waals surface area contributed by atoms with Crippen molar-refractivity contribution in [2.45, 2.75) is 52.1 Å². The predicted molar refractivity (Wildman–Crippen MR) is 77.8 cm³/mol. The summed E-state index contributed by atoms with van der Waals surface area (Å²) in [4.78, 5) is 8.91. The first kappa shape index (κ1) is 13.2. The van der Waals surface area contributed by atoms with E-state index in [1.807, 2.05) is 17.1 Å². The first-order valence-corrected chi connectivity index (χ1v) is 7.42. The van der Waals surface area contributed by atoms with Gasteiger partial charge >= 0.3 is 0 Å². The van der Waals surface area contributed by atoms with Crippen molar-refractivity contribution in [2.75, 3.05) is 0 Å². The van der Waals surface area contributed by atoms with E-state index in [4.69, 9.17) is 0 Å². The largest absolute Gasteiger partial charge is 0.310 e. The molecule has 1 N–H and O–H groups in total. The molecule has 20 heavy (non-hydrogen) atoms. The molecule has 0 aromatic carbocycles. The Kier molecular flexibility index (Phi) is 3.78. The van der Waals surface area contributed by atoms with E-state index in [0.717, 1.165) is 36.3 Å². The van der Waals surface area contributed by atoms with Gasteiger partial charge in [-0.05, 0) is 31.7 Å². The maximum atomic E-state index is 4.56. The number of nitrogens with one attached hydrogen (secondary N) is 1. The Balaban J connectivity index is 1.77. The van der Waals surface area contributed by atoms with Crippen LogP contribution in [-0.2, 0) is 19.4 Å². The van der Waals surface area contributed by atoms with Crippen LogP contribution >= 0.6 is 0 Å². The van der Waals surface area contributed by atoms with Crippen molar-refractivity contribution in [3.05, 3.63) is 35.4 Å². The highest BCUT2D eigenvalue weighted by molar-refractivity contribution is 5.21. The molecule has 0 atom stereocenters. The van der Waals surface area contributed by atoms with E-state index < -0.39 is 0 Å². The maximum Gasteiger partial charge on any atom is 0.250 e. The van der Waals surface area contributed by atoms with Crippen LogP contribution in [0.1, 0.15) is 43.6 Å². The molecule has 1 aliphatic rings. The fourth-order valence-electron chi connectivity index (χ4n) is 2.17. The third kappa shape index (κ3) is 2.88. The molecule has 0 saturated heterocycles. The SMILES string of the molecule is CCc1cc(CC)n(-c2ncc(CNC3CC3)cn2)n1. The second-order valence-corrected chi connectivity index (χ2v) is 5.29. The van der Waals surface area contributed by atoms with Gasteiger partial charge in [-0.25, -0.2) is 14.6 Å². The van der Waals surface area contributed by atoms with Gasteiger partial charge in [-0.3, -0.25) is 0 Å². The van der Waals surface area contributed by atoms with Crippen LogP contribution in [0.3, 0.4) is 0 Å². The van der Waals surface area contributed by atoms with Crippen molar-refractivity contribution in [1.29, 1.82) is 0 Å². The Morgan fingerprint density at radius 2 is 1.95 bits per heavy atom. The maximum absolute atomic E-state index is 4.56. The molecule has 1 fully saturated rings. The van der Waals surface area contributed by atoms with Gasteiger partial charge in [0.15, 0.2) is 0 Å². The summed E-state index contributed by atoms with van der Waals surface area (Å²) in [6.45, 7) is 5.09. The van der Waals surface area contributed by atoms with Gasteiger partial charge in [-0.1, -0.05) is 13.8 Å². The van der Waals surface area contributed by atoms with Crippen LogP contribution < -0.4 is 5.32 Å². The van der Waals surface area contributed by atoms with Crippen LogP contribution in [0.5, 0.6) is 0 Å². The number of aryl methyl sites for hydroxylation is 2. The number of aromatic nitrogens is 4. The van der Waals surface area contributed by atoms with Gasteiger partial charge in [0, 0.05) is 36.2 Å². The van der Waals surface area contributed by atoms with Gasteiger partial charge in [-0.15, -0.1) is 0 Å². The first-order chi connectivity index (χ1) is 9.80. The fraction of sp³-hybridized carbons (Fsp3) is 0.533. The van der Waals surface area contributed by atoms with Crippen molar-refractivity contribution >= 4 is 0 Å². The number of hydrogen-bond donors (Lipinski definition) is 1. The molecule has 0 aliphatic heterocycles. The Morgan fingerprint density at radius 1 is 1.20 bits per heavy atom. The molecule has 0 spiro atoms. The normalized spacial score (nSPS) is 14.7. The van der Waals surface area contributed by atoms with Gasteiger partial charge in [0.2, 0.25) is 0 Å². The minimum atomic E-state index is 0.664. The van der Waals surface area contributed by atoms with E-state index in [1.54, 1.807) is 0 Å². The summed E-state index contributed by atoms with van der Waals surface area (Å²) in [6, 6.07) is 2.84. The van der Waals surface area contributed by atoms with Crippen molar-refractivity contribution < 1.29 is 0 Å². The molecule has 0 unspecified atom stereocenters. The fourth-order valence-corrected chi connectivity index (χ4v) is 2.17. The summed E-state index contributed by atoms with van der Waals surface area (Å²) in [5.41, 5.74) is 3.37. The molecule has 2 heterocycles. The lowest BCUT2D eigenvalue weighted by molar-refractivity contribution is 0.678. The number of rotatable bonds is 6. The average Bonchev–Trinajstić information content (AvgIpc) is 3.23. The van der Waals surface area contributed by atoms with Crippen molar-refractivity contribution in [3.63, 3.8) is 0 Å². The molecule has 1 aliphatic carbocycles. The van der Waals surface area contributed by atoms with Crippen LogP contribution in [0.2, 0.25) is 0 Å². The van der Waals surface area contributed by atoms with Crippen LogP contribution in [0, 0.1) is 0 Å². The molecule has 5 heteroatoms. The highest BCUT2D eigenvalue weighted by Gasteiger charge is 2.20. The second-order valence-electron chi connectivity index (χ2n) is 5.29. The highest BCUT2D eigenvalue weighted by atomic mass is 15.4. The van der Waals surface area contributed by atoms with E-state index in [-0.39, 0.29) is 0 Å². The molecular weight excluding hydrogens is 250 g/mol. The monoisotopic (exact) mass is 271 g/mol. The van der Waals surface area contributed by atoms with Gasteiger partial charge in [0.1, 0.15) is 0 Å². The third-order valence-corrected chi connectivity index (χ3v) is 3.61. The minimum absolute atomic E-state index is 0.664. The Hall–Kier alpha value is -1.75.